The van der Waals surface area contributed by atoms with Crippen molar-refractivity contribution in [2.75, 3.05) is 43.0 Å². The molecule has 0 saturated carbocycles. The number of nitrogens with one attached hydrogen (secondary N) is 1. The highest BCUT2D eigenvalue weighted by atomic mass is 35.5. The van der Waals surface area contributed by atoms with Crippen molar-refractivity contribution in [1.29, 1.82) is 0 Å². The lowest BCUT2D eigenvalue weighted by Gasteiger charge is -2.35. The molecule has 0 spiro atoms. The molecular weight excluding hydrogens is 534 g/mol. The van der Waals surface area contributed by atoms with E-state index < -0.39 is 21.9 Å². The SMILES string of the molecule is CCOC(=O)c1c(NC(=O)c2cc(S(=O)(=O)N3CCN(c4ccccc4)CC3)ccc2Cl)sc(C)c1C. The minimum Gasteiger partial charge on any atom is -0.462 e. The molecule has 1 saturated heterocycles. The van der Waals surface area contributed by atoms with Gasteiger partial charge in [-0.25, -0.2) is 13.2 Å². The Kier molecular flexibility index (Phi) is 8.23. The van der Waals surface area contributed by atoms with Crippen LogP contribution in [0.4, 0.5) is 10.7 Å². The Hall–Kier alpha value is -2.92. The number of sulfonamides is 1. The Labute approximate surface area is 225 Å². The maximum Gasteiger partial charge on any atom is 0.341 e. The van der Waals surface area contributed by atoms with Crippen LogP contribution in [-0.4, -0.2) is 57.4 Å². The van der Waals surface area contributed by atoms with Crippen molar-refractivity contribution in [3.63, 3.8) is 0 Å². The van der Waals surface area contributed by atoms with Gasteiger partial charge in [-0.05, 0) is 56.7 Å². The van der Waals surface area contributed by atoms with Gasteiger partial charge in [-0.3, -0.25) is 4.79 Å². The summed E-state index contributed by atoms with van der Waals surface area (Å²) in [5, 5.41) is 3.17. The van der Waals surface area contributed by atoms with E-state index in [0.717, 1.165) is 16.1 Å². The van der Waals surface area contributed by atoms with E-state index in [1.165, 1.54) is 33.8 Å². The van der Waals surface area contributed by atoms with Crippen molar-refractivity contribution in [2.45, 2.75) is 25.7 Å². The standard InChI is InChI=1S/C26H28ClN3O5S2/c1-4-35-26(32)23-17(2)18(3)36-25(23)28-24(31)21-16-20(10-11-22(21)27)37(33,34)30-14-12-29(13-15-30)19-8-6-5-7-9-19/h5-11,16H,4,12-15H2,1-3H3,(H,28,31). The number of halogens is 1. The molecule has 1 N–H and O–H groups in total. The van der Waals surface area contributed by atoms with Crippen LogP contribution in [0.1, 0.15) is 38.1 Å². The Morgan fingerprint density at radius 3 is 2.38 bits per heavy atom. The van der Waals surface area contributed by atoms with Gasteiger partial charge in [0.2, 0.25) is 10.0 Å². The zero-order chi connectivity index (χ0) is 26.7. The molecule has 2 heterocycles. The summed E-state index contributed by atoms with van der Waals surface area (Å²) in [7, 11) is -3.85. The van der Waals surface area contributed by atoms with Crippen molar-refractivity contribution >= 4 is 55.5 Å². The molecule has 8 nitrogen and oxygen atoms in total. The van der Waals surface area contributed by atoms with Gasteiger partial charge in [-0.15, -0.1) is 11.3 Å². The number of carbonyl (C=O) groups excluding carboxylic acids is 2. The molecule has 196 valence electrons. The van der Waals surface area contributed by atoms with Gasteiger partial charge in [0.05, 0.1) is 27.7 Å². The summed E-state index contributed by atoms with van der Waals surface area (Å²) in [6.45, 7) is 7.28. The van der Waals surface area contributed by atoms with Crippen LogP contribution in [0.2, 0.25) is 5.02 Å². The lowest BCUT2D eigenvalue weighted by molar-refractivity contribution is 0.0527. The molecule has 1 amide bonds. The van der Waals surface area contributed by atoms with Crippen LogP contribution in [0.15, 0.2) is 53.4 Å². The second-order valence-electron chi connectivity index (χ2n) is 8.53. The van der Waals surface area contributed by atoms with Crippen LogP contribution in [0.3, 0.4) is 0 Å². The zero-order valence-corrected chi connectivity index (χ0v) is 23.2. The van der Waals surface area contributed by atoms with Gasteiger partial charge in [-0.1, -0.05) is 29.8 Å². The predicted octanol–water partition coefficient (Wildman–Crippen LogP) is 4.96. The third kappa shape index (κ3) is 5.67. The normalized spacial score (nSPS) is 14.4. The van der Waals surface area contributed by atoms with Gasteiger partial charge in [0.15, 0.2) is 0 Å². The number of thiophene rings is 1. The van der Waals surface area contributed by atoms with E-state index in [9.17, 15) is 18.0 Å². The van der Waals surface area contributed by atoms with E-state index in [-0.39, 0.29) is 27.7 Å². The number of esters is 1. The van der Waals surface area contributed by atoms with E-state index in [4.69, 9.17) is 16.3 Å². The molecule has 0 atom stereocenters. The minimum absolute atomic E-state index is 0.00387. The minimum atomic E-state index is -3.85. The number of ether oxygens (including phenoxy) is 1. The first kappa shape index (κ1) is 27.1. The summed E-state index contributed by atoms with van der Waals surface area (Å²) in [4.78, 5) is 28.6. The second-order valence-corrected chi connectivity index (χ2v) is 12.1. The fourth-order valence-electron chi connectivity index (χ4n) is 4.15. The van der Waals surface area contributed by atoms with Gasteiger partial charge in [0, 0.05) is 36.7 Å². The van der Waals surface area contributed by atoms with Crippen LogP contribution < -0.4 is 10.2 Å². The number of aryl methyl sites for hydroxylation is 1. The van der Waals surface area contributed by atoms with Gasteiger partial charge in [-0.2, -0.15) is 4.31 Å². The number of carbonyl (C=O) groups is 2. The molecule has 4 rings (SSSR count). The van der Waals surface area contributed by atoms with E-state index in [0.29, 0.717) is 31.2 Å². The molecule has 37 heavy (non-hydrogen) atoms. The number of benzene rings is 2. The van der Waals surface area contributed by atoms with Crippen molar-refractivity contribution in [1.82, 2.24) is 4.31 Å². The number of anilines is 2. The molecule has 1 fully saturated rings. The van der Waals surface area contributed by atoms with Crippen LogP contribution in [-0.2, 0) is 14.8 Å². The summed E-state index contributed by atoms with van der Waals surface area (Å²) in [6.07, 6.45) is 0. The van der Waals surface area contributed by atoms with Gasteiger partial charge < -0.3 is 15.0 Å². The largest absolute Gasteiger partial charge is 0.462 e. The van der Waals surface area contributed by atoms with E-state index in [1.54, 1.807) is 13.8 Å². The third-order valence-corrected chi connectivity index (χ3v) is 9.62. The number of amides is 1. The molecule has 1 aliphatic rings. The average Bonchev–Trinajstić information content (AvgIpc) is 3.17. The maximum absolute atomic E-state index is 13.4. The van der Waals surface area contributed by atoms with Crippen LogP contribution in [0, 0.1) is 13.8 Å². The molecule has 0 unspecified atom stereocenters. The Morgan fingerprint density at radius 1 is 1.05 bits per heavy atom. The molecule has 1 aliphatic heterocycles. The zero-order valence-electron chi connectivity index (χ0n) is 20.8. The van der Waals surface area contributed by atoms with Crippen molar-refractivity contribution < 1.29 is 22.7 Å². The molecule has 0 radical (unpaired) electrons. The van der Waals surface area contributed by atoms with Gasteiger partial charge in [0.25, 0.3) is 5.91 Å². The Morgan fingerprint density at radius 2 is 1.73 bits per heavy atom. The first-order valence-electron chi connectivity index (χ1n) is 11.8. The fraction of sp³-hybridized carbons (Fsp3) is 0.308. The number of hydrogen-bond donors (Lipinski definition) is 1. The Balaban J connectivity index is 1.54. The van der Waals surface area contributed by atoms with Crippen molar-refractivity contribution in [3.05, 3.63) is 75.1 Å². The fourth-order valence-corrected chi connectivity index (χ4v) is 6.84. The summed E-state index contributed by atoms with van der Waals surface area (Å²) in [6, 6.07) is 13.9. The topological polar surface area (TPSA) is 96.0 Å². The van der Waals surface area contributed by atoms with E-state index >= 15 is 0 Å². The van der Waals surface area contributed by atoms with Crippen LogP contribution >= 0.6 is 22.9 Å². The highest BCUT2D eigenvalue weighted by molar-refractivity contribution is 7.89. The highest BCUT2D eigenvalue weighted by Gasteiger charge is 2.30. The maximum atomic E-state index is 13.4. The predicted molar refractivity (Wildman–Crippen MR) is 147 cm³/mol. The monoisotopic (exact) mass is 561 g/mol. The molecule has 1 aromatic heterocycles. The van der Waals surface area contributed by atoms with Crippen molar-refractivity contribution in [2.24, 2.45) is 0 Å². The number of piperazine rings is 1. The first-order chi connectivity index (χ1) is 17.6. The quantitative estimate of drug-likeness (QED) is 0.410. The van der Waals surface area contributed by atoms with E-state index in [1.807, 2.05) is 37.3 Å². The number of nitrogens with zero attached hydrogens (tertiary/aromatic N) is 2. The third-order valence-electron chi connectivity index (χ3n) is 6.27. The second kappa shape index (κ2) is 11.2. The molecule has 0 bridgehead atoms. The molecular formula is C26H28ClN3O5S2. The summed E-state index contributed by atoms with van der Waals surface area (Å²) < 4.78 is 33.4. The number of rotatable bonds is 7. The molecule has 2 aromatic carbocycles. The van der Waals surface area contributed by atoms with Gasteiger partial charge in [0.1, 0.15) is 5.00 Å². The van der Waals surface area contributed by atoms with Crippen molar-refractivity contribution in [3.8, 4) is 0 Å². The van der Waals surface area contributed by atoms with Gasteiger partial charge >= 0.3 is 5.97 Å². The summed E-state index contributed by atoms with van der Waals surface area (Å²) >= 11 is 7.55. The molecule has 3 aromatic rings. The molecule has 11 heteroatoms. The first-order valence-corrected chi connectivity index (χ1v) is 14.4. The van der Waals surface area contributed by atoms with E-state index in [2.05, 4.69) is 10.2 Å². The smallest absolute Gasteiger partial charge is 0.341 e. The highest BCUT2D eigenvalue weighted by Crippen LogP contribution is 2.34. The lowest BCUT2D eigenvalue weighted by atomic mass is 10.1. The van der Waals surface area contributed by atoms with Crippen LogP contribution in [0.25, 0.3) is 0 Å². The summed E-state index contributed by atoms with van der Waals surface area (Å²) in [5.41, 5.74) is 2.06. The summed E-state index contributed by atoms with van der Waals surface area (Å²) in [5.74, 6) is -1.14. The Bertz CT molecular complexity index is 1420. The number of hydrogen-bond acceptors (Lipinski definition) is 7. The lowest BCUT2D eigenvalue weighted by Crippen LogP contribution is -2.48. The number of para-hydroxylation sites is 1. The molecule has 0 aliphatic carbocycles. The van der Waals surface area contributed by atoms with Crippen LogP contribution in [0.5, 0.6) is 0 Å². The average molecular weight is 562 g/mol.